The van der Waals surface area contributed by atoms with Crippen LogP contribution >= 0.6 is 39.1 Å². The van der Waals surface area contributed by atoms with Crippen molar-refractivity contribution in [1.29, 1.82) is 0 Å². The van der Waals surface area contributed by atoms with E-state index in [1.54, 1.807) is 10.6 Å². The highest BCUT2D eigenvalue weighted by Gasteiger charge is 2.44. The Hall–Kier alpha value is -0.610. The minimum atomic E-state index is -1.24. The van der Waals surface area contributed by atoms with Crippen molar-refractivity contribution in [3.05, 3.63) is 20.6 Å². The number of fused-ring (bicyclic) bond motifs is 1. The van der Waals surface area contributed by atoms with Gasteiger partial charge >= 0.3 is 0 Å². The number of aromatic nitrogens is 2. The van der Waals surface area contributed by atoms with Gasteiger partial charge in [0.25, 0.3) is 0 Å². The number of aliphatic hydroxyl groups is 3. The first-order valence-corrected chi connectivity index (χ1v) is 9.25. The molecule has 0 bridgehead atoms. The van der Waals surface area contributed by atoms with Gasteiger partial charge < -0.3 is 25.4 Å². The van der Waals surface area contributed by atoms with Gasteiger partial charge in [-0.2, -0.15) is 0 Å². The number of hydrogen-bond acceptors (Lipinski definition) is 6. The molecule has 4 atom stereocenters. The second kappa shape index (κ2) is 7.19. The lowest BCUT2D eigenvalue weighted by molar-refractivity contribution is -0.0499. The van der Waals surface area contributed by atoms with E-state index in [2.05, 4.69) is 26.2 Å². The van der Waals surface area contributed by atoms with Crippen molar-refractivity contribution in [3.63, 3.8) is 0 Å². The van der Waals surface area contributed by atoms with Crippen molar-refractivity contribution in [3.8, 4) is 0 Å². The summed E-state index contributed by atoms with van der Waals surface area (Å²) in [6.45, 7) is 3.47. The van der Waals surface area contributed by atoms with E-state index in [-0.39, 0.29) is 6.04 Å². The molecule has 1 aliphatic rings. The predicted molar refractivity (Wildman–Crippen MR) is 99.2 cm³/mol. The topological polar surface area (TPSA) is 99.8 Å². The highest BCUT2D eigenvalue weighted by molar-refractivity contribution is 9.10. The Labute approximate surface area is 162 Å². The maximum atomic E-state index is 10.4. The van der Waals surface area contributed by atoms with Crippen LogP contribution in [0.4, 0.5) is 5.95 Å². The molecule has 10 heteroatoms. The van der Waals surface area contributed by atoms with Crippen molar-refractivity contribution >= 4 is 56.1 Å². The van der Waals surface area contributed by atoms with Gasteiger partial charge in [-0.1, -0.05) is 23.2 Å². The van der Waals surface area contributed by atoms with Gasteiger partial charge in [0.05, 0.1) is 26.6 Å². The third kappa shape index (κ3) is 3.25. The van der Waals surface area contributed by atoms with Crippen molar-refractivity contribution in [2.24, 2.45) is 0 Å². The second-order valence-corrected chi connectivity index (χ2v) is 7.77. The molecule has 2 aromatic rings. The number of halogens is 3. The van der Waals surface area contributed by atoms with Gasteiger partial charge in [0.15, 0.2) is 6.23 Å². The molecule has 2 heterocycles. The molecule has 0 aliphatic carbocycles. The predicted octanol–water partition coefficient (Wildman–Crippen LogP) is 2.54. The van der Waals surface area contributed by atoms with Crippen LogP contribution in [0.2, 0.25) is 10.0 Å². The van der Waals surface area contributed by atoms with E-state index >= 15 is 0 Å². The molecular formula is C15H18BrCl2N3O4. The van der Waals surface area contributed by atoms with Crippen LogP contribution < -0.4 is 5.32 Å². The number of imidazole rings is 1. The molecule has 1 aromatic carbocycles. The van der Waals surface area contributed by atoms with E-state index in [1.807, 2.05) is 13.8 Å². The fourth-order valence-corrected chi connectivity index (χ4v) is 3.81. The van der Waals surface area contributed by atoms with Crippen LogP contribution in [0.15, 0.2) is 10.5 Å². The number of ether oxygens (including phenoxy) is 1. The lowest BCUT2D eigenvalue weighted by atomic mass is 10.1. The Bertz CT molecular complexity index is 801. The molecule has 0 spiro atoms. The van der Waals surface area contributed by atoms with Crippen LogP contribution in [0, 0.1) is 0 Å². The van der Waals surface area contributed by atoms with Crippen LogP contribution in [0.25, 0.3) is 11.0 Å². The number of aliphatic hydroxyl groups excluding tert-OH is 3. The zero-order chi connectivity index (χ0) is 18.5. The van der Waals surface area contributed by atoms with E-state index in [9.17, 15) is 15.3 Å². The molecule has 25 heavy (non-hydrogen) atoms. The standard InChI is InChI=1S/C15H18BrCl2N3O4/c1-5(2)19-15-20-11-7(3-6(17)10(18)9(11)16)21(15)14-13(24)12(23)8(4-22)25-14/h3,5,8,12-14,22-24H,4H2,1-2H3,(H,19,20)/t8-,12-,13-,14-/m0/s1. The molecule has 1 saturated heterocycles. The average molecular weight is 455 g/mol. The van der Waals surface area contributed by atoms with E-state index in [0.29, 0.717) is 31.5 Å². The Morgan fingerprint density at radius 3 is 2.60 bits per heavy atom. The van der Waals surface area contributed by atoms with Crippen LogP contribution in [0.1, 0.15) is 20.1 Å². The highest BCUT2D eigenvalue weighted by Crippen LogP contribution is 2.41. The lowest BCUT2D eigenvalue weighted by Gasteiger charge is -2.21. The van der Waals surface area contributed by atoms with Crippen LogP contribution in [0.3, 0.4) is 0 Å². The summed E-state index contributed by atoms with van der Waals surface area (Å²) >= 11 is 15.8. The monoisotopic (exact) mass is 453 g/mol. The van der Waals surface area contributed by atoms with Gasteiger partial charge in [0, 0.05) is 6.04 Å². The number of hydrogen-bond donors (Lipinski definition) is 4. The van der Waals surface area contributed by atoms with Crippen LogP contribution in [-0.4, -0.2) is 55.8 Å². The Kier molecular flexibility index (Phi) is 5.51. The van der Waals surface area contributed by atoms with Gasteiger partial charge in [-0.3, -0.25) is 4.57 Å². The zero-order valence-corrected chi connectivity index (χ0v) is 16.5. The third-order valence-corrected chi connectivity index (χ3v) is 5.80. The third-order valence-electron chi connectivity index (χ3n) is 4.01. The SMILES string of the molecule is CC(C)Nc1nc2c(Br)c(Cl)c(Cl)cc2n1[C@H]1O[C@@H](CO)[C@H](O)[C@@H]1O. The van der Waals surface area contributed by atoms with Crippen molar-refractivity contribution in [2.75, 3.05) is 11.9 Å². The van der Waals surface area contributed by atoms with Crippen LogP contribution in [-0.2, 0) is 4.74 Å². The van der Waals surface area contributed by atoms with Gasteiger partial charge in [0.2, 0.25) is 5.95 Å². The molecule has 0 saturated carbocycles. The maximum Gasteiger partial charge on any atom is 0.206 e. The van der Waals surface area contributed by atoms with Crippen LogP contribution in [0.5, 0.6) is 0 Å². The molecule has 3 rings (SSSR count). The Balaban J connectivity index is 2.21. The molecule has 1 fully saturated rings. The number of nitrogens with one attached hydrogen (secondary N) is 1. The molecule has 0 amide bonds. The molecule has 4 N–H and O–H groups in total. The lowest BCUT2D eigenvalue weighted by Crippen LogP contribution is -2.33. The largest absolute Gasteiger partial charge is 0.394 e. The summed E-state index contributed by atoms with van der Waals surface area (Å²) in [4.78, 5) is 4.54. The van der Waals surface area contributed by atoms with E-state index < -0.39 is 31.1 Å². The zero-order valence-electron chi connectivity index (χ0n) is 13.4. The summed E-state index contributed by atoms with van der Waals surface area (Å²) in [6.07, 6.45) is -4.29. The fourth-order valence-electron chi connectivity index (χ4n) is 2.85. The number of rotatable bonds is 4. The number of nitrogens with zero attached hydrogens (tertiary/aromatic N) is 2. The average Bonchev–Trinajstić information content (AvgIpc) is 3.03. The van der Waals surface area contributed by atoms with E-state index in [1.165, 1.54) is 0 Å². The fraction of sp³-hybridized carbons (Fsp3) is 0.533. The van der Waals surface area contributed by atoms with E-state index in [4.69, 9.17) is 27.9 Å². The number of anilines is 1. The van der Waals surface area contributed by atoms with Crippen molar-refractivity contribution in [2.45, 2.75) is 44.4 Å². The Morgan fingerprint density at radius 1 is 1.36 bits per heavy atom. The normalized spacial score (nSPS) is 26.8. The first-order chi connectivity index (χ1) is 11.8. The summed E-state index contributed by atoms with van der Waals surface area (Å²) < 4.78 is 7.80. The summed E-state index contributed by atoms with van der Waals surface area (Å²) in [5, 5.41) is 33.7. The number of benzene rings is 1. The Morgan fingerprint density at radius 2 is 2.04 bits per heavy atom. The quantitative estimate of drug-likeness (QED) is 0.530. The van der Waals surface area contributed by atoms with Crippen molar-refractivity contribution in [1.82, 2.24) is 9.55 Å². The minimum absolute atomic E-state index is 0.0531. The smallest absolute Gasteiger partial charge is 0.206 e. The molecule has 7 nitrogen and oxygen atoms in total. The summed E-state index contributed by atoms with van der Waals surface area (Å²) in [5.74, 6) is 0.430. The molecule has 0 radical (unpaired) electrons. The van der Waals surface area contributed by atoms with Crippen molar-refractivity contribution < 1.29 is 20.1 Å². The molecular weight excluding hydrogens is 437 g/mol. The molecule has 0 unspecified atom stereocenters. The van der Waals surface area contributed by atoms with Gasteiger partial charge in [-0.25, -0.2) is 4.98 Å². The highest BCUT2D eigenvalue weighted by atomic mass is 79.9. The van der Waals surface area contributed by atoms with Gasteiger partial charge in [-0.05, 0) is 35.8 Å². The van der Waals surface area contributed by atoms with Gasteiger partial charge in [0.1, 0.15) is 23.8 Å². The van der Waals surface area contributed by atoms with Gasteiger partial charge in [-0.15, -0.1) is 0 Å². The first kappa shape index (κ1) is 19.2. The molecule has 1 aromatic heterocycles. The second-order valence-electron chi connectivity index (χ2n) is 6.19. The summed E-state index contributed by atoms with van der Waals surface area (Å²) in [6, 6.07) is 1.68. The first-order valence-electron chi connectivity index (χ1n) is 7.70. The summed E-state index contributed by atoms with van der Waals surface area (Å²) in [5.41, 5.74) is 1.11. The molecule has 1 aliphatic heterocycles. The molecule has 138 valence electrons. The minimum Gasteiger partial charge on any atom is -0.394 e. The maximum absolute atomic E-state index is 10.4. The van der Waals surface area contributed by atoms with E-state index in [0.717, 1.165) is 0 Å². The summed E-state index contributed by atoms with van der Waals surface area (Å²) in [7, 11) is 0.